The molecule has 1 N–H and O–H groups in total. The maximum absolute atomic E-state index is 10.6. The van der Waals surface area contributed by atoms with E-state index in [1.54, 1.807) is 6.20 Å². The van der Waals surface area contributed by atoms with E-state index >= 15 is 0 Å². The molecule has 0 aliphatic heterocycles. The third kappa shape index (κ3) is 0.975. The molecule has 3 heteroatoms. The van der Waals surface area contributed by atoms with Gasteiger partial charge in [-0.25, -0.2) is 0 Å². The number of carbonyl (C=O) groups is 1. The second kappa shape index (κ2) is 2.75. The third-order valence-electron chi connectivity index (χ3n) is 1.82. The summed E-state index contributed by atoms with van der Waals surface area (Å²) in [5.74, 6) is 0. The van der Waals surface area contributed by atoms with Crippen molar-refractivity contribution < 1.29 is 4.79 Å². The molecule has 12 heavy (non-hydrogen) atoms. The minimum Gasteiger partial charge on any atom is -0.360 e. The molecule has 1 aromatic heterocycles. The Balaban J connectivity index is 2.88. The minimum atomic E-state index is 0.700. The number of H-pyrrole nitrogens is 1. The summed E-state index contributed by atoms with van der Waals surface area (Å²) in [4.78, 5) is 13.6. The molecule has 0 aliphatic carbocycles. The monoisotopic (exact) mass is 223 g/mol. The van der Waals surface area contributed by atoms with E-state index in [0.29, 0.717) is 5.56 Å². The summed E-state index contributed by atoms with van der Waals surface area (Å²) in [6, 6.07) is 5.76. The molecule has 0 bridgehead atoms. The fraction of sp³-hybridized carbons (Fsp3) is 0. The van der Waals surface area contributed by atoms with Crippen molar-refractivity contribution in [2.45, 2.75) is 0 Å². The Bertz CT molecular complexity index is 433. The summed E-state index contributed by atoms with van der Waals surface area (Å²) < 4.78 is 0.980. The molecular weight excluding hydrogens is 218 g/mol. The molecule has 0 amide bonds. The summed E-state index contributed by atoms with van der Waals surface area (Å²) in [6.45, 7) is 0. The summed E-state index contributed by atoms with van der Waals surface area (Å²) in [7, 11) is 0. The van der Waals surface area contributed by atoms with Gasteiger partial charge in [-0.1, -0.05) is 12.1 Å². The molecule has 1 heterocycles. The number of halogens is 1. The molecule has 0 unspecified atom stereocenters. The van der Waals surface area contributed by atoms with Crippen LogP contribution in [0.4, 0.5) is 0 Å². The first-order valence-electron chi connectivity index (χ1n) is 3.53. The van der Waals surface area contributed by atoms with Crippen LogP contribution >= 0.6 is 15.9 Å². The van der Waals surface area contributed by atoms with Crippen LogP contribution in [0.2, 0.25) is 0 Å². The zero-order valence-corrected chi connectivity index (χ0v) is 7.76. The second-order valence-corrected chi connectivity index (χ2v) is 3.38. The number of carbonyl (C=O) groups excluding carboxylic acids is 1. The number of nitrogens with one attached hydrogen (secondary N) is 1. The first kappa shape index (κ1) is 7.55. The average molecular weight is 224 g/mol. The predicted molar refractivity (Wildman–Crippen MR) is 51.4 cm³/mol. The number of aromatic nitrogens is 1. The predicted octanol–water partition coefficient (Wildman–Crippen LogP) is 2.74. The number of rotatable bonds is 1. The van der Waals surface area contributed by atoms with Crippen LogP contribution in [0.15, 0.2) is 28.9 Å². The molecule has 0 fully saturated rings. The highest BCUT2D eigenvalue weighted by Crippen LogP contribution is 2.24. The maximum Gasteiger partial charge on any atom is 0.152 e. The Labute approximate surface area is 77.7 Å². The highest BCUT2D eigenvalue weighted by molar-refractivity contribution is 9.10. The number of aromatic amines is 1. The number of aldehydes is 1. The molecule has 0 saturated heterocycles. The highest BCUT2D eigenvalue weighted by atomic mass is 79.9. The van der Waals surface area contributed by atoms with E-state index in [0.717, 1.165) is 21.7 Å². The van der Waals surface area contributed by atoms with E-state index in [-0.39, 0.29) is 0 Å². The first-order chi connectivity index (χ1) is 5.83. The Hall–Kier alpha value is -1.09. The highest BCUT2D eigenvalue weighted by Gasteiger charge is 2.03. The summed E-state index contributed by atoms with van der Waals surface area (Å²) in [5, 5.41) is 0.958. The summed E-state index contributed by atoms with van der Waals surface area (Å²) >= 11 is 3.39. The lowest BCUT2D eigenvalue weighted by Gasteiger charge is -1.92. The van der Waals surface area contributed by atoms with Crippen molar-refractivity contribution in [2.75, 3.05) is 0 Å². The molecule has 60 valence electrons. The molecule has 0 atom stereocenters. The van der Waals surface area contributed by atoms with Gasteiger partial charge in [0.1, 0.15) is 0 Å². The number of benzene rings is 1. The van der Waals surface area contributed by atoms with Crippen molar-refractivity contribution in [1.82, 2.24) is 4.98 Å². The van der Waals surface area contributed by atoms with Crippen molar-refractivity contribution in [3.8, 4) is 0 Å². The zero-order chi connectivity index (χ0) is 8.55. The maximum atomic E-state index is 10.6. The molecule has 0 aliphatic rings. The van der Waals surface area contributed by atoms with E-state index < -0.39 is 0 Å². The third-order valence-corrected chi connectivity index (χ3v) is 2.48. The first-order valence-corrected chi connectivity index (χ1v) is 4.33. The molecule has 2 aromatic rings. The molecule has 0 radical (unpaired) electrons. The average Bonchev–Trinajstić information content (AvgIpc) is 2.49. The molecular formula is C9H6BrNO. The van der Waals surface area contributed by atoms with E-state index in [4.69, 9.17) is 0 Å². The van der Waals surface area contributed by atoms with Crippen LogP contribution in [0.1, 0.15) is 10.4 Å². The van der Waals surface area contributed by atoms with Crippen molar-refractivity contribution in [1.29, 1.82) is 0 Å². The lowest BCUT2D eigenvalue weighted by Crippen LogP contribution is -1.74. The van der Waals surface area contributed by atoms with Crippen LogP contribution < -0.4 is 0 Å². The van der Waals surface area contributed by atoms with Gasteiger partial charge in [0.2, 0.25) is 0 Å². The largest absolute Gasteiger partial charge is 0.360 e. The Morgan fingerprint density at radius 1 is 1.42 bits per heavy atom. The van der Waals surface area contributed by atoms with Gasteiger partial charge >= 0.3 is 0 Å². The SMILES string of the molecule is O=Cc1c[nH]c2c(Br)cccc12. The normalized spacial score (nSPS) is 10.4. The van der Waals surface area contributed by atoms with Crippen molar-refractivity contribution in [2.24, 2.45) is 0 Å². The Morgan fingerprint density at radius 2 is 2.25 bits per heavy atom. The van der Waals surface area contributed by atoms with Crippen molar-refractivity contribution in [3.05, 3.63) is 34.4 Å². The van der Waals surface area contributed by atoms with Gasteiger partial charge in [0.15, 0.2) is 6.29 Å². The van der Waals surface area contributed by atoms with Gasteiger partial charge in [-0.05, 0) is 22.0 Å². The number of para-hydroxylation sites is 1. The fourth-order valence-corrected chi connectivity index (χ4v) is 1.72. The van der Waals surface area contributed by atoms with Crippen LogP contribution in [-0.2, 0) is 0 Å². The van der Waals surface area contributed by atoms with Crippen LogP contribution in [0.25, 0.3) is 10.9 Å². The fourth-order valence-electron chi connectivity index (χ4n) is 1.24. The van der Waals surface area contributed by atoms with Gasteiger partial charge in [0.25, 0.3) is 0 Å². The summed E-state index contributed by atoms with van der Waals surface area (Å²) in [6.07, 6.45) is 2.56. The minimum absolute atomic E-state index is 0.700. The van der Waals surface area contributed by atoms with Crippen LogP contribution in [0.5, 0.6) is 0 Å². The van der Waals surface area contributed by atoms with Gasteiger partial charge in [-0.15, -0.1) is 0 Å². The van der Waals surface area contributed by atoms with Crippen LogP contribution in [0, 0.1) is 0 Å². The Kier molecular flexibility index (Phi) is 1.73. The molecule has 1 aromatic carbocycles. The molecule has 2 rings (SSSR count). The lowest BCUT2D eigenvalue weighted by molar-refractivity contribution is 0.112. The van der Waals surface area contributed by atoms with Gasteiger partial charge in [0, 0.05) is 21.6 Å². The molecule has 2 nitrogen and oxygen atoms in total. The van der Waals surface area contributed by atoms with Gasteiger partial charge in [-0.3, -0.25) is 4.79 Å². The standard InChI is InChI=1S/C9H6BrNO/c10-8-3-1-2-7-6(5-12)4-11-9(7)8/h1-5,11H. The van der Waals surface area contributed by atoms with E-state index in [2.05, 4.69) is 20.9 Å². The zero-order valence-electron chi connectivity index (χ0n) is 6.17. The van der Waals surface area contributed by atoms with Gasteiger partial charge in [0.05, 0.1) is 5.52 Å². The number of hydrogen-bond acceptors (Lipinski definition) is 1. The van der Waals surface area contributed by atoms with E-state index in [1.807, 2.05) is 18.2 Å². The van der Waals surface area contributed by atoms with Crippen LogP contribution in [0.3, 0.4) is 0 Å². The van der Waals surface area contributed by atoms with Crippen molar-refractivity contribution in [3.63, 3.8) is 0 Å². The summed E-state index contributed by atoms with van der Waals surface area (Å²) in [5.41, 5.74) is 1.67. The van der Waals surface area contributed by atoms with E-state index in [9.17, 15) is 4.79 Å². The van der Waals surface area contributed by atoms with Crippen LogP contribution in [-0.4, -0.2) is 11.3 Å². The van der Waals surface area contributed by atoms with Gasteiger partial charge in [-0.2, -0.15) is 0 Å². The number of hydrogen-bond donors (Lipinski definition) is 1. The molecule has 0 spiro atoms. The van der Waals surface area contributed by atoms with Crippen molar-refractivity contribution >= 4 is 33.1 Å². The number of fused-ring (bicyclic) bond motifs is 1. The van der Waals surface area contributed by atoms with Gasteiger partial charge < -0.3 is 4.98 Å². The quantitative estimate of drug-likeness (QED) is 0.742. The lowest BCUT2D eigenvalue weighted by atomic mass is 10.2. The topological polar surface area (TPSA) is 32.9 Å². The molecule has 0 saturated carbocycles. The Morgan fingerprint density at radius 3 is 3.00 bits per heavy atom. The van der Waals surface area contributed by atoms with E-state index in [1.165, 1.54) is 0 Å². The smallest absolute Gasteiger partial charge is 0.152 e. The second-order valence-electron chi connectivity index (χ2n) is 2.52.